The summed E-state index contributed by atoms with van der Waals surface area (Å²) in [6.45, 7) is 3.64. The molecule has 2 amide bonds. The van der Waals surface area contributed by atoms with Crippen molar-refractivity contribution in [2.24, 2.45) is 11.7 Å². The van der Waals surface area contributed by atoms with E-state index in [1.807, 2.05) is 0 Å². The van der Waals surface area contributed by atoms with E-state index in [-0.39, 0.29) is 43.1 Å². The molecule has 1 saturated heterocycles. The van der Waals surface area contributed by atoms with Crippen molar-refractivity contribution in [3.05, 3.63) is 64.7 Å². The molecule has 3 atom stereocenters. The van der Waals surface area contributed by atoms with Gasteiger partial charge in [-0.15, -0.1) is 11.8 Å². The molecule has 1 aliphatic rings. The van der Waals surface area contributed by atoms with Gasteiger partial charge < -0.3 is 26.4 Å². The van der Waals surface area contributed by atoms with Gasteiger partial charge in [0.15, 0.2) is 17.0 Å². The molecule has 0 aliphatic carbocycles. The lowest BCUT2D eigenvalue weighted by atomic mass is 10.0. The van der Waals surface area contributed by atoms with Crippen LogP contribution in [0.1, 0.15) is 31.4 Å². The van der Waals surface area contributed by atoms with Crippen molar-refractivity contribution in [3.63, 3.8) is 0 Å². The first-order chi connectivity index (χ1) is 18.4. The molecule has 0 radical (unpaired) electrons. The minimum Gasteiger partial charge on any atom is -0.480 e. The molecule has 0 bridgehead atoms. The minimum absolute atomic E-state index is 0.0221. The lowest BCUT2D eigenvalue weighted by Crippen LogP contribution is -2.46. The van der Waals surface area contributed by atoms with E-state index in [1.54, 1.807) is 19.9 Å². The number of nitrogens with zero attached hydrogens (tertiary/aromatic N) is 1. The van der Waals surface area contributed by atoms with Crippen LogP contribution in [-0.2, 0) is 27.3 Å². The summed E-state index contributed by atoms with van der Waals surface area (Å²) < 4.78 is 55.1. The van der Waals surface area contributed by atoms with Gasteiger partial charge in [0.25, 0.3) is 5.91 Å². The molecule has 13 heteroatoms. The van der Waals surface area contributed by atoms with Crippen LogP contribution in [0.2, 0.25) is 0 Å². The Morgan fingerprint density at radius 2 is 1.77 bits per heavy atom. The van der Waals surface area contributed by atoms with E-state index in [0.717, 1.165) is 0 Å². The van der Waals surface area contributed by atoms with Crippen LogP contribution in [0.4, 0.5) is 23.2 Å². The van der Waals surface area contributed by atoms with Gasteiger partial charge in [0, 0.05) is 37.4 Å². The highest BCUT2D eigenvalue weighted by Gasteiger charge is 2.35. The Morgan fingerprint density at radius 1 is 1.08 bits per heavy atom. The molecule has 1 fully saturated rings. The maximum absolute atomic E-state index is 14.6. The third kappa shape index (κ3) is 7.85. The number of carboxylic acid groups (broad SMARTS) is 1. The van der Waals surface area contributed by atoms with E-state index in [9.17, 15) is 37.1 Å². The molecule has 0 saturated carbocycles. The number of hydrogen-bond acceptors (Lipinski definition) is 6. The molecule has 0 spiro atoms. The van der Waals surface area contributed by atoms with Crippen molar-refractivity contribution in [2.45, 2.75) is 50.7 Å². The van der Waals surface area contributed by atoms with Gasteiger partial charge in [-0.3, -0.25) is 9.59 Å². The van der Waals surface area contributed by atoms with E-state index in [2.05, 4.69) is 10.6 Å². The van der Waals surface area contributed by atoms with Crippen molar-refractivity contribution in [1.82, 2.24) is 10.2 Å². The van der Waals surface area contributed by atoms with Crippen LogP contribution in [0.25, 0.3) is 0 Å². The van der Waals surface area contributed by atoms with E-state index in [4.69, 9.17) is 5.73 Å². The summed E-state index contributed by atoms with van der Waals surface area (Å²) in [7, 11) is 0. The Kier molecular flexibility index (Phi) is 10.2. The zero-order chi connectivity index (χ0) is 28.9. The fraction of sp³-hybridized carbons (Fsp3) is 0.423. The molecular weight excluding hydrogens is 540 g/mol. The highest BCUT2D eigenvalue weighted by molar-refractivity contribution is 8.00. The smallest absolute Gasteiger partial charge is 0.326 e. The molecule has 1 aliphatic heterocycles. The summed E-state index contributed by atoms with van der Waals surface area (Å²) in [6.07, 6.45) is -0.441. The number of carboxylic acids is 1. The van der Waals surface area contributed by atoms with Gasteiger partial charge in [-0.05, 0) is 41.7 Å². The van der Waals surface area contributed by atoms with E-state index < -0.39 is 58.5 Å². The topological polar surface area (TPSA) is 125 Å². The van der Waals surface area contributed by atoms with Crippen LogP contribution >= 0.6 is 11.8 Å². The predicted molar refractivity (Wildman–Crippen MR) is 139 cm³/mol. The van der Waals surface area contributed by atoms with Gasteiger partial charge in [0.2, 0.25) is 5.91 Å². The lowest BCUT2D eigenvalue weighted by molar-refractivity contribution is -0.138. The highest BCUT2D eigenvalue weighted by Crippen LogP contribution is 2.26. The number of hydrogen-bond donors (Lipinski definition) is 4. The molecule has 1 heterocycles. The molecule has 3 rings (SSSR count). The quantitative estimate of drug-likeness (QED) is 0.242. The number of carbonyl (C=O) groups is 3. The van der Waals surface area contributed by atoms with Gasteiger partial charge in [0.1, 0.15) is 17.7 Å². The van der Waals surface area contributed by atoms with Crippen molar-refractivity contribution in [1.29, 1.82) is 0 Å². The van der Waals surface area contributed by atoms with Crippen molar-refractivity contribution in [2.75, 3.05) is 17.6 Å². The van der Waals surface area contributed by atoms with Crippen molar-refractivity contribution < 1.29 is 37.1 Å². The maximum atomic E-state index is 14.6. The Hall–Kier alpha value is -3.32. The maximum Gasteiger partial charge on any atom is 0.326 e. The third-order valence-electron chi connectivity index (χ3n) is 6.19. The molecule has 2 aromatic carbocycles. The van der Waals surface area contributed by atoms with Crippen molar-refractivity contribution >= 4 is 35.2 Å². The summed E-state index contributed by atoms with van der Waals surface area (Å²) in [4.78, 5) is 38.4. The Balaban J connectivity index is 1.56. The molecule has 212 valence electrons. The van der Waals surface area contributed by atoms with E-state index >= 15 is 0 Å². The van der Waals surface area contributed by atoms with Crippen molar-refractivity contribution in [3.8, 4) is 0 Å². The SMILES string of the molecule is CC(C)[C@H](Nc1ccc(CNC(=O)[C@@H]2SCCN2C(=O)C[C@H](N)Cc2cc(F)c(F)cc2F)cc1F)C(=O)O. The number of carbonyl (C=O) groups excluding carboxylic acids is 2. The fourth-order valence-corrected chi connectivity index (χ4v) is 5.27. The summed E-state index contributed by atoms with van der Waals surface area (Å²) in [5, 5.41) is 13.8. The van der Waals surface area contributed by atoms with Crippen LogP contribution in [0, 0.1) is 29.2 Å². The number of thioether (sulfide) groups is 1. The molecular formula is C26H30F4N4O4S. The molecule has 8 nitrogen and oxygen atoms in total. The first-order valence-electron chi connectivity index (χ1n) is 12.2. The number of benzene rings is 2. The van der Waals surface area contributed by atoms with Crippen LogP contribution in [-0.4, -0.2) is 57.5 Å². The molecule has 5 N–H and O–H groups in total. The number of nitrogens with one attached hydrogen (secondary N) is 2. The summed E-state index contributed by atoms with van der Waals surface area (Å²) in [6, 6.07) is 3.39. The standard InChI is InChI=1S/C26H30F4N4O4S/c1-13(2)23(26(37)38)33-21-4-3-14(7-20(21)30)12-32-24(36)25-34(5-6-39-25)22(35)10-16(31)8-15-9-18(28)19(29)11-17(15)27/h3-4,7,9,11,13,16,23,25,33H,5-6,8,10,12,31H2,1-2H3,(H,32,36)(H,37,38)/t16-,23+,25+/m1/s1. The summed E-state index contributed by atoms with van der Waals surface area (Å²) in [5.41, 5.74) is 6.26. The summed E-state index contributed by atoms with van der Waals surface area (Å²) in [5.74, 6) is -6.00. The second-order valence-corrected chi connectivity index (χ2v) is 10.8. The number of amides is 2. The number of rotatable bonds is 11. The first-order valence-corrected chi connectivity index (χ1v) is 13.3. The number of halogens is 4. The van der Waals surface area contributed by atoms with Gasteiger partial charge in [-0.1, -0.05) is 19.9 Å². The number of anilines is 1. The normalized spacial score (nSPS) is 16.7. The van der Waals surface area contributed by atoms with Crippen LogP contribution < -0.4 is 16.4 Å². The molecule has 0 aromatic heterocycles. The van der Waals surface area contributed by atoms with Crippen LogP contribution in [0.5, 0.6) is 0 Å². The average Bonchev–Trinajstić information content (AvgIpc) is 3.35. The zero-order valence-corrected chi connectivity index (χ0v) is 22.2. The average molecular weight is 571 g/mol. The number of aliphatic carboxylic acids is 1. The second-order valence-electron chi connectivity index (χ2n) is 9.57. The largest absolute Gasteiger partial charge is 0.480 e. The van der Waals surface area contributed by atoms with Gasteiger partial charge in [-0.2, -0.15) is 0 Å². The van der Waals surface area contributed by atoms with Crippen LogP contribution in [0.15, 0.2) is 30.3 Å². The van der Waals surface area contributed by atoms with E-state index in [0.29, 0.717) is 23.4 Å². The first kappa shape index (κ1) is 30.2. The molecule has 0 unspecified atom stereocenters. The number of nitrogens with two attached hydrogens (primary N) is 1. The minimum atomic E-state index is -1.32. The molecule has 2 aromatic rings. The van der Waals surface area contributed by atoms with Gasteiger partial charge >= 0.3 is 5.97 Å². The highest BCUT2D eigenvalue weighted by atomic mass is 32.2. The van der Waals surface area contributed by atoms with E-state index in [1.165, 1.54) is 28.8 Å². The zero-order valence-electron chi connectivity index (χ0n) is 21.3. The summed E-state index contributed by atoms with van der Waals surface area (Å²) >= 11 is 1.24. The lowest BCUT2D eigenvalue weighted by Gasteiger charge is -2.24. The fourth-order valence-electron chi connectivity index (χ4n) is 4.10. The Morgan fingerprint density at radius 3 is 2.41 bits per heavy atom. The molecule has 39 heavy (non-hydrogen) atoms. The van der Waals surface area contributed by atoms with Gasteiger partial charge in [-0.25, -0.2) is 22.4 Å². The predicted octanol–water partition coefficient (Wildman–Crippen LogP) is 3.24. The third-order valence-corrected chi connectivity index (χ3v) is 7.39. The monoisotopic (exact) mass is 570 g/mol. The second kappa shape index (κ2) is 13.2. The van der Waals surface area contributed by atoms with Crippen LogP contribution in [0.3, 0.4) is 0 Å². The Bertz CT molecular complexity index is 1230. The Labute approximate surface area is 227 Å². The van der Waals surface area contributed by atoms with Gasteiger partial charge in [0.05, 0.1) is 5.69 Å².